The molecule has 0 saturated carbocycles. The van der Waals surface area contributed by atoms with Crippen molar-refractivity contribution in [2.75, 3.05) is 10.8 Å². The lowest BCUT2D eigenvalue weighted by Crippen LogP contribution is -2.40. The minimum Gasteiger partial charge on any atom is -0.455 e. The van der Waals surface area contributed by atoms with Gasteiger partial charge in [0.25, 0.3) is 15.9 Å². The molecule has 0 fully saturated rings. The third kappa shape index (κ3) is 6.22. The Morgan fingerprint density at radius 2 is 1.73 bits per heavy atom. The van der Waals surface area contributed by atoms with Crippen LogP contribution in [0, 0.1) is 0 Å². The first-order chi connectivity index (χ1) is 17.8. The minimum absolute atomic E-state index is 0.0844. The number of carbonyl (C=O) groups excluding carboxylic acids is 1. The fourth-order valence-corrected chi connectivity index (χ4v) is 5.64. The second-order valence-corrected chi connectivity index (χ2v) is 10.6. The second kappa shape index (κ2) is 11.6. The molecule has 4 aromatic rings. The number of sulfonamides is 1. The lowest BCUT2D eigenvalue weighted by molar-refractivity contribution is -0.119. The van der Waals surface area contributed by atoms with Crippen molar-refractivity contribution in [3.05, 3.63) is 106 Å². The number of furan rings is 1. The number of hydrazone groups is 1. The number of nitrogens with zero attached hydrogens (tertiary/aromatic N) is 2. The molecule has 4 rings (SSSR count). The van der Waals surface area contributed by atoms with Gasteiger partial charge in [0.2, 0.25) is 0 Å². The van der Waals surface area contributed by atoms with Crippen molar-refractivity contribution in [3.8, 4) is 11.3 Å². The van der Waals surface area contributed by atoms with Crippen LogP contribution in [0.5, 0.6) is 0 Å². The Morgan fingerprint density at radius 1 is 1.00 bits per heavy atom. The lowest BCUT2D eigenvalue weighted by atomic mass is 10.1. The van der Waals surface area contributed by atoms with Crippen molar-refractivity contribution in [3.63, 3.8) is 0 Å². The van der Waals surface area contributed by atoms with Gasteiger partial charge < -0.3 is 4.42 Å². The van der Waals surface area contributed by atoms with E-state index in [1.54, 1.807) is 60.7 Å². The van der Waals surface area contributed by atoms with Crippen LogP contribution < -0.4 is 9.73 Å². The summed E-state index contributed by atoms with van der Waals surface area (Å²) in [5.74, 6) is 0.256. The lowest BCUT2D eigenvalue weighted by Gasteiger charge is -2.25. The Bertz CT molecular complexity index is 1540. The van der Waals surface area contributed by atoms with Crippen LogP contribution in [0.4, 0.5) is 5.69 Å². The standard InChI is InChI=1S/C27H23Cl2N3O4S/c1-2-19-8-6-7-11-25(19)32(37(34,35)22-9-4-3-5-10-22)18-27(33)31-30-17-21-13-15-26(36-21)23-14-12-20(28)16-24(23)29/h3-17H,2,18H2,1H3,(H,31,33)/b30-17-. The molecule has 0 aliphatic heterocycles. The molecule has 0 bridgehead atoms. The fourth-order valence-electron chi connectivity index (χ4n) is 3.66. The molecule has 0 spiro atoms. The van der Waals surface area contributed by atoms with Crippen LogP contribution in [0.1, 0.15) is 18.2 Å². The van der Waals surface area contributed by atoms with Gasteiger partial charge in [-0.25, -0.2) is 13.8 Å². The molecule has 190 valence electrons. The maximum atomic E-state index is 13.5. The van der Waals surface area contributed by atoms with Crippen LogP contribution in [0.2, 0.25) is 10.0 Å². The van der Waals surface area contributed by atoms with Crippen LogP contribution in [0.15, 0.2) is 99.3 Å². The number of amides is 1. The number of rotatable bonds is 9. The monoisotopic (exact) mass is 555 g/mol. The fraction of sp³-hybridized carbons (Fsp3) is 0.111. The van der Waals surface area contributed by atoms with Crippen LogP contribution >= 0.6 is 23.2 Å². The van der Waals surface area contributed by atoms with Gasteiger partial charge in [0, 0.05) is 10.6 Å². The van der Waals surface area contributed by atoms with E-state index in [-0.39, 0.29) is 4.90 Å². The number of carbonyl (C=O) groups is 1. The highest BCUT2D eigenvalue weighted by molar-refractivity contribution is 7.92. The predicted octanol–water partition coefficient (Wildman–Crippen LogP) is 6.16. The van der Waals surface area contributed by atoms with E-state index in [1.165, 1.54) is 18.3 Å². The van der Waals surface area contributed by atoms with Crippen LogP contribution in [-0.4, -0.2) is 27.1 Å². The number of anilines is 1. The SMILES string of the molecule is CCc1ccccc1N(CC(=O)N/N=C\c1ccc(-c2ccc(Cl)cc2Cl)o1)S(=O)(=O)c1ccccc1. The van der Waals surface area contributed by atoms with E-state index in [2.05, 4.69) is 10.5 Å². The molecule has 1 N–H and O–H groups in total. The first-order valence-corrected chi connectivity index (χ1v) is 13.5. The van der Waals surface area contributed by atoms with E-state index < -0.39 is 22.5 Å². The number of hydrogen-bond donors (Lipinski definition) is 1. The van der Waals surface area contributed by atoms with E-state index in [4.69, 9.17) is 27.6 Å². The third-order valence-electron chi connectivity index (χ3n) is 5.46. The quantitative estimate of drug-likeness (QED) is 0.197. The summed E-state index contributed by atoms with van der Waals surface area (Å²) in [6, 6.07) is 23.5. The smallest absolute Gasteiger partial charge is 0.264 e. The van der Waals surface area contributed by atoms with Gasteiger partial charge in [-0.15, -0.1) is 0 Å². The Labute approximate surface area is 225 Å². The Morgan fingerprint density at radius 3 is 2.46 bits per heavy atom. The molecule has 0 aliphatic carbocycles. The zero-order valence-electron chi connectivity index (χ0n) is 19.8. The molecule has 10 heteroatoms. The van der Waals surface area contributed by atoms with Gasteiger partial charge in [0.05, 0.1) is 21.8 Å². The van der Waals surface area contributed by atoms with E-state index >= 15 is 0 Å². The number of halogens is 2. The van der Waals surface area contributed by atoms with Gasteiger partial charge in [0.1, 0.15) is 18.1 Å². The average Bonchev–Trinajstić information content (AvgIpc) is 3.36. The van der Waals surface area contributed by atoms with Crippen LogP contribution in [0.3, 0.4) is 0 Å². The van der Waals surface area contributed by atoms with Crippen LogP contribution in [0.25, 0.3) is 11.3 Å². The average molecular weight is 556 g/mol. The molecule has 7 nitrogen and oxygen atoms in total. The Balaban J connectivity index is 1.52. The molecular formula is C27H23Cl2N3O4S. The highest BCUT2D eigenvalue weighted by Crippen LogP contribution is 2.31. The summed E-state index contributed by atoms with van der Waals surface area (Å²) in [6.45, 7) is 1.46. The summed E-state index contributed by atoms with van der Waals surface area (Å²) in [7, 11) is -4.01. The summed E-state index contributed by atoms with van der Waals surface area (Å²) < 4.78 is 33.8. The summed E-state index contributed by atoms with van der Waals surface area (Å²) in [5.41, 5.74) is 4.27. The minimum atomic E-state index is -4.01. The van der Waals surface area contributed by atoms with Crippen molar-refractivity contribution in [2.24, 2.45) is 5.10 Å². The van der Waals surface area contributed by atoms with Crippen molar-refractivity contribution in [1.29, 1.82) is 0 Å². The molecule has 1 heterocycles. The Kier molecular flexibility index (Phi) is 8.33. The highest BCUT2D eigenvalue weighted by Gasteiger charge is 2.28. The molecule has 0 saturated heterocycles. The van der Waals surface area contributed by atoms with Gasteiger partial charge in [0.15, 0.2) is 0 Å². The number of para-hydroxylation sites is 1. The molecule has 1 aromatic heterocycles. The number of aryl methyl sites for hydroxylation is 1. The van der Waals surface area contributed by atoms with Crippen molar-refractivity contribution in [1.82, 2.24) is 5.43 Å². The van der Waals surface area contributed by atoms with Crippen molar-refractivity contribution in [2.45, 2.75) is 18.2 Å². The number of hydrogen-bond acceptors (Lipinski definition) is 5. The number of benzene rings is 3. The topological polar surface area (TPSA) is 92.0 Å². The summed E-state index contributed by atoms with van der Waals surface area (Å²) >= 11 is 12.2. The third-order valence-corrected chi connectivity index (χ3v) is 7.79. The first-order valence-electron chi connectivity index (χ1n) is 11.3. The molecule has 0 unspecified atom stereocenters. The van der Waals surface area contributed by atoms with Gasteiger partial charge in [-0.3, -0.25) is 9.10 Å². The van der Waals surface area contributed by atoms with Crippen molar-refractivity contribution >= 4 is 51.0 Å². The summed E-state index contributed by atoms with van der Waals surface area (Å²) in [5, 5.41) is 4.88. The maximum Gasteiger partial charge on any atom is 0.264 e. The summed E-state index contributed by atoms with van der Waals surface area (Å²) in [6.07, 6.45) is 1.91. The largest absolute Gasteiger partial charge is 0.455 e. The van der Waals surface area contributed by atoms with Crippen LogP contribution in [-0.2, 0) is 21.2 Å². The zero-order valence-corrected chi connectivity index (χ0v) is 22.1. The normalized spacial score (nSPS) is 11.5. The van der Waals surface area contributed by atoms with Gasteiger partial charge >= 0.3 is 0 Å². The van der Waals surface area contributed by atoms with E-state index in [0.717, 1.165) is 9.87 Å². The van der Waals surface area contributed by atoms with E-state index in [1.807, 2.05) is 19.1 Å². The molecule has 1 amide bonds. The molecular weight excluding hydrogens is 533 g/mol. The molecule has 0 atom stereocenters. The summed E-state index contributed by atoms with van der Waals surface area (Å²) in [4.78, 5) is 12.9. The zero-order chi connectivity index (χ0) is 26.4. The molecule has 0 radical (unpaired) electrons. The molecule has 37 heavy (non-hydrogen) atoms. The van der Waals surface area contributed by atoms with Gasteiger partial charge in [-0.2, -0.15) is 5.10 Å². The first kappa shape index (κ1) is 26.5. The van der Waals surface area contributed by atoms with Crippen molar-refractivity contribution < 1.29 is 17.6 Å². The van der Waals surface area contributed by atoms with Gasteiger partial charge in [-0.05, 0) is 60.5 Å². The molecule has 0 aliphatic rings. The number of nitrogens with one attached hydrogen (secondary N) is 1. The highest BCUT2D eigenvalue weighted by atomic mass is 35.5. The molecule has 3 aromatic carbocycles. The van der Waals surface area contributed by atoms with Gasteiger partial charge in [-0.1, -0.05) is 66.5 Å². The predicted molar refractivity (Wildman–Crippen MR) is 147 cm³/mol. The second-order valence-electron chi connectivity index (χ2n) is 7.93. The van der Waals surface area contributed by atoms with E-state index in [9.17, 15) is 13.2 Å². The maximum absolute atomic E-state index is 13.5. The van der Waals surface area contributed by atoms with E-state index in [0.29, 0.717) is 39.2 Å². The Hall–Kier alpha value is -3.59.